The predicted molar refractivity (Wildman–Crippen MR) is 81.1 cm³/mol. The minimum atomic E-state index is -1.00. The molecule has 1 heterocycles. The van der Waals surface area contributed by atoms with E-state index in [-0.39, 0.29) is 11.4 Å². The van der Waals surface area contributed by atoms with Gasteiger partial charge in [-0.3, -0.25) is 0 Å². The Bertz CT molecular complexity index is 821. The third-order valence-electron chi connectivity index (χ3n) is 3.36. The van der Waals surface area contributed by atoms with Crippen molar-refractivity contribution in [2.75, 3.05) is 0 Å². The Morgan fingerprint density at radius 3 is 2.48 bits per heavy atom. The lowest BCUT2D eigenvalue weighted by Crippen LogP contribution is -2.09. The van der Waals surface area contributed by atoms with Crippen LogP contribution in [0.15, 0.2) is 48.5 Å². The summed E-state index contributed by atoms with van der Waals surface area (Å²) in [5, 5.41) is 20.2. The third-order valence-corrected chi connectivity index (χ3v) is 3.61. The molecule has 2 N–H and O–H groups in total. The topological polar surface area (TPSA) is 62.5 Å². The molecule has 0 aliphatic heterocycles. The maximum absolute atomic E-state index is 11.4. The zero-order valence-corrected chi connectivity index (χ0v) is 11.7. The van der Waals surface area contributed by atoms with Crippen molar-refractivity contribution >= 4 is 28.5 Å². The van der Waals surface area contributed by atoms with Crippen molar-refractivity contribution in [2.45, 2.75) is 6.54 Å². The molecule has 0 saturated heterocycles. The number of aromatic carboxylic acids is 1. The molecule has 0 aliphatic rings. The van der Waals surface area contributed by atoms with Crippen LogP contribution in [-0.4, -0.2) is 20.7 Å². The lowest BCUT2D eigenvalue weighted by molar-refractivity contribution is 0.0686. The first-order valence-corrected chi connectivity index (χ1v) is 6.72. The molecule has 4 nitrogen and oxygen atoms in total. The smallest absolute Gasteiger partial charge is 0.352 e. The van der Waals surface area contributed by atoms with Gasteiger partial charge in [-0.2, -0.15) is 0 Å². The second-order valence-corrected chi connectivity index (χ2v) is 5.23. The monoisotopic (exact) mass is 301 g/mol. The van der Waals surface area contributed by atoms with Gasteiger partial charge in [0.15, 0.2) is 0 Å². The van der Waals surface area contributed by atoms with E-state index < -0.39 is 5.97 Å². The number of halogens is 1. The number of aromatic nitrogens is 1. The van der Waals surface area contributed by atoms with Gasteiger partial charge in [-0.15, -0.1) is 0 Å². The molecule has 1 aromatic heterocycles. The van der Waals surface area contributed by atoms with Crippen LogP contribution < -0.4 is 0 Å². The van der Waals surface area contributed by atoms with E-state index in [1.807, 2.05) is 12.1 Å². The van der Waals surface area contributed by atoms with Crippen molar-refractivity contribution in [2.24, 2.45) is 0 Å². The molecule has 0 saturated carbocycles. The molecule has 3 aromatic rings. The number of hydrogen-bond donors (Lipinski definition) is 2. The van der Waals surface area contributed by atoms with E-state index in [2.05, 4.69) is 0 Å². The number of rotatable bonds is 3. The SMILES string of the molecule is O=C(O)c1cc2cc(O)ccc2n1Cc1ccc(Cl)cc1. The van der Waals surface area contributed by atoms with Crippen molar-refractivity contribution in [3.8, 4) is 5.75 Å². The van der Waals surface area contributed by atoms with Crippen LogP contribution in [-0.2, 0) is 6.54 Å². The molecular formula is C16H12ClNO3. The molecule has 21 heavy (non-hydrogen) atoms. The summed E-state index contributed by atoms with van der Waals surface area (Å²) < 4.78 is 1.71. The zero-order valence-electron chi connectivity index (χ0n) is 11.0. The van der Waals surface area contributed by atoms with Crippen LogP contribution in [0.4, 0.5) is 0 Å². The van der Waals surface area contributed by atoms with E-state index in [0.717, 1.165) is 11.1 Å². The van der Waals surface area contributed by atoms with Gasteiger partial charge >= 0.3 is 5.97 Å². The highest BCUT2D eigenvalue weighted by Gasteiger charge is 2.15. The van der Waals surface area contributed by atoms with Crippen molar-refractivity contribution < 1.29 is 15.0 Å². The van der Waals surface area contributed by atoms with Crippen LogP contribution in [0, 0.1) is 0 Å². The van der Waals surface area contributed by atoms with Crippen LogP contribution in [0.25, 0.3) is 10.9 Å². The minimum absolute atomic E-state index is 0.114. The molecule has 0 radical (unpaired) electrons. The molecule has 0 amide bonds. The van der Waals surface area contributed by atoms with Crippen molar-refractivity contribution in [3.63, 3.8) is 0 Å². The molecule has 0 aliphatic carbocycles. The fourth-order valence-corrected chi connectivity index (χ4v) is 2.50. The first-order valence-electron chi connectivity index (χ1n) is 6.34. The number of benzene rings is 2. The Hall–Kier alpha value is -2.46. The number of phenols is 1. The Kier molecular flexibility index (Phi) is 3.31. The molecular weight excluding hydrogens is 290 g/mol. The fourth-order valence-electron chi connectivity index (χ4n) is 2.38. The molecule has 0 atom stereocenters. The largest absolute Gasteiger partial charge is 0.508 e. The number of carboxylic acids is 1. The van der Waals surface area contributed by atoms with E-state index >= 15 is 0 Å². The number of aromatic hydroxyl groups is 1. The summed E-state index contributed by atoms with van der Waals surface area (Å²) in [6.45, 7) is 0.424. The van der Waals surface area contributed by atoms with E-state index in [9.17, 15) is 15.0 Å². The number of hydrogen-bond acceptors (Lipinski definition) is 2. The molecule has 0 fully saturated rings. The Morgan fingerprint density at radius 1 is 1.10 bits per heavy atom. The van der Waals surface area contributed by atoms with Gasteiger partial charge in [-0.1, -0.05) is 23.7 Å². The Balaban J connectivity index is 2.13. The van der Waals surface area contributed by atoms with Crippen molar-refractivity contribution in [1.29, 1.82) is 0 Å². The second-order valence-electron chi connectivity index (χ2n) is 4.79. The Morgan fingerprint density at radius 2 is 1.81 bits per heavy atom. The van der Waals surface area contributed by atoms with Crippen LogP contribution in [0.2, 0.25) is 5.02 Å². The maximum atomic E-state index is 11.4. The lowest BCUT2D eigenvalue weighted by atomic mass is 10.2. The summed E-state index contributed by atoms with van der Waals surface area (Å²) in [4.78, 5) is 11.4. The summed E-state index contributed by atoms with van der Waals surface area (Å²) in [7, 11) is 0. The van der Waals surface area contributed by atoms with Gasteiger partial charge in [0.1, 0.15) is 11.4 Å². The maximum Gasteiger partial charge on any atom is 0.352 e. The molecule has 0 bridgehead atoms. The molecule has 106 valence electrons. The quantitative estimate of drug-likeness (QED) is 0.774. The number of fused-ring (bicyclic) bond motifs is 1. The van der Waals surface area contributed by atoms with E-state index in [0.29, 0.717) is 17.0 Å². The minimum Gasteiger partial charge on any atom is -0.508 e. The van der Waals surface area contributed by atoms with Gasteiger partial charge < -0.3 is 14.8 Å². The van der Waals surface area contributed by atoms with Crippen molar-refractivity contribution in [3.05, 3.63) is 64.8 Å². The first kappa shape index (κ1) is 13.5. The molecule has 5 heteroatoms. The van der Waals surface area contributed by atoms with Crippen LogP contribution in [0.5, 0.6) is 5.75 Å². The number of nitrogens with zero attached hydrogens (tertiary/aromatic N) is 1. The second kappa shape index (κ2) is 5.14. The number of carboxylic acid groups (broad SMARTS) is 1. The average Bonchev–Trinajstić information content (AvgIpc) is 2.79. The molecule has 2 aromatic carbocycles. The first-order chi connectivity index (χ1) is 10.0. The number of phenolic OH excluding ortho intramolecular Hbond substituents is 1. The summed E-state index contributed by atoms with van der Waals surface area (Å²) in [6, 6.07) is 13.6. The summed E-state index contributed by atoms with van der Waals surface area (Å²) >= 11 is 5.86. The van der Waals surface area contributed by atoms with Gasteiger partial charge in [0, 0.05) is 22.5 Å². The predicted octanol–water partition coefficient (Wildman–Crippen LogP) is 3.75. The standard InChI is InChI=1S/C16H12ClNO3/c17-12-3-1-10(2-4-12)9-18-14-6-5-13(19)7-11(14)8-15(18)16(20)21/h1-8,19H,9H2,(H,20,21). The summed E-state index contributed by atoms with van der Waals surface area (Å²) in [6.07, 6.45) is 0. The normalized spacial score (nSPS) is 10.9. The molecule has 0 spiro atoms. The van der Waals surface area contributed by atoms with E-state index in [4.69, 9.17) is 11.6 Å². The van der Waals surface area contributed by atoms with Crippen LogP contribution in [0.3, 0.4) is 0 Å². The summed E-state index contributed by atoms with van der Waals surface area (Å²) in [5.41, 5.74) is 1.90. The van der Waals surface area contributed by atoms with E-state index in [1.165, 1.54) is 0 Å². The van der Waals surface area contributed by atoms with Crippen LogP contribution >= 0.6 is 11.6 Å². The number of carbonyl (C=O) groups is 1. The highest BCUT2D eigenvalue weighted by Crippen LogP contribution is 2.25. The van der Waals surface area contributed by atoms with Gasteiger partial charge in [-0.05, 0) is 42.0 Å². The van der Waals surface area contributed by atoms with Gasteiger partial charge in [0.25, 0.3) is 0 Å². The average molecular weight is 302 g/mol. The zero-order chi connectivity index (χ0) is 15.0. The van der Waals surface area contributed by atoms with E-state index in [1.54, 1.807) is 41.0 Å². The Labute approximate surface area is 125 Å². The fraction of sp³-hybridized carbons (Fsp3) is 0.0625. The van der Waals surface area contributed by atoms with Gasteiger partial charge in [-0.25, -0.2) is 4.79 Å². The highest BCUT2D eigenvalue weighted by atomic mass is 35.5. The van der Waals surface area contributed by atoms with Crippen molar-refractivity contribution in [1.82, 2.24) is 4.57 Å². The highest BCUT2D eigenvalue weighted by molar-refractivity contribution is 6.30. The van der Waals surface area contributed by atoms with Gasteiger partial charge in [0.2, 0.25) is 0 Å². The van der Waals surface area contributed by atoms with Gasteiger partial charge in [0.05, 0.1) is 0 Å². The third kappa shape index (κ3) is 2.58. The van der Waals surface area contributed by atoms with Crippen LogP contribution in [0.1, 0.15) is 16.1 Å². The molecule has 3 rings (SSSR count). The lowest BCUT2D eigenvalue weighted by Gasteiger charge is -2.09. The molecule has 0 unspecified atom stereocenters. The summed E-state index contributed by atoms with van der Waals surface area (Å²) in [5.74, 6) is -0.886.